The van der Waals surface area contributed by atoms with Gasteiger partial charge in [0.2, 0.25) is 11.8 Å². The molecule has 2 aromatic rings. The van der Waals surface area contributed by atoms with E-state index in [1.807, 2.05) is 24.3 Å². The van der Waals surface area contributed by atoms with Crippen LogP contribution in [-0.4, -0.2) is 60.9 Å². The molecule has 2 rings (SSSR count). The topological polar surface area (TPSA) is 64.7 Å². The first-order valence-electron chi connectivity index (χ1n) is 19.2. The van der Waals surface area contributed by atoms with E-state index in [1.165, 1.54) is 88.2 Å². The highest BCUT2D eigenvalue weighted by Gasteiger charge is 2.10. The van der Waals surface area contributed by atoms with Gasteiger partial charge in [-0.05, 0) is 120 Å². The zero-order valence-corrected chi connectivity index (χ0v) is 30.6. The van der Waals surface area contributed by atoms with Gasteiger partial charge in [-0.2, -0.15) is 0 Å². The molecule has 0 atom stereocenters. The van der Waals surface area contributed by atoms with Crippen LogP contribution in [0.2, 0.25) is 0 Å². The lowest BCUT2D eigenvalue weighted by Gasteiger charge is -2.22. The molecule has 0 heterocycles. The van der Waals surface area contributed by atoms with Gasteiger partial charge < -0.3 is 20.4 Å². The summed E-state index contributed by atoms with van der Waals surface area (Å²) in [6, 6.07) is 16.3. The average molecular weight is 649 g/mol. The van der Waals surface area contributed by atoms with Crippen LogP contribution in [0.5, 0.6) is 0 Å². The third kappa shape index (κ3) is 19.7. The Labute approximate surface area is 288 Å². The van der Waals surface area contributed by atoms with Crippen LogP contribution in [0.25, 0.3) is 0 Å². The molecule has 0 saturated heterocycles. The maximum absolute atomic E-state index is 12.6. The Kier molecular flexibility index (Phi) is 22.6. The minimum atomic E-state index is 0.0914. The highest BCUT2D eigenvalue weighted by Crippen LogP contribution is 2.17. The number of carbonyl (C=O) groups excluding carboxylic acids is 2. The third-order valence-corrected chi connectivity index (χ3v) is 8.95. The predicted molar refractivity (Wildman–Crippen MR) is 202 cm³/mol. The van der Waals surface area contributed by atoms with Crippen molar-refractivity contribution in [1.29, 1.82) is 0 Å². The Bertz CT molecular complexity index is 964. The maximum atomic E-state index is 12.6. The molecule has 264 valence electrons. The fourth-order valence-corrected chi connectivity index (χ4v) is 6.03. The van der Waals surface area contributed by atoms with Gasteiger partial charge in [-0.15, -0.1) is 0 Å². The van der Waals surface area contributed by atoms with Crippen LogP contribution in [0, 0.1) is 0 Å². The van der Waals surface area contributed by atoms with E-state index in [0.717, 1.165) is 69.9 Å². The predicted octanol–water partition coefficient (Wildman–Crippen LogP) is 10.1. The van der Waals surface area contributed by atoms with Gasteiger partial charge in [0.05, 0.1) is 0 Å². The molecule has 0 saturated carbocycles. The summed E-state index contributed by atoms with van der Waals surface area (Å²) < 4.78 is 0. The average Bonchev–Trinajstić information content (AvgIpc) is 3.06. The molecule has 0 aliphatic rings. The van der Waals surface area contributed by atoms with Gasteiger partial charge in [0.15, 0.2) is 0 Å². The number of nitrogens with zero attached hydrogens (tertiary/aromatic N) is 2. The van der Waals surface area contributed by atoms with Crippen LogP contribution in [-0.2, 0) is 16.0 Å². The molecular formula is C41H68N4O2. The van der Waals surface area contributed by atoms with Crippen LogP contribution in [0.3, 0.4) is 0 Å². The summed E-state index contributed by atoms with van der Waals surface area (Å²) in [5.41, 5.74) is 4.09. The monoisotopic (exact) mass is 649 g/mol. The summed E-state index contributed by atoms with van der Waals surface area (Å²) in [6.45, 7) is 15.6. The first-order valence-corrected chi connectivity index (χ1v) is 19.2. The SMILES string of the molecule is CCCCCN(CCCCC)CCCC(=O)Nc1ccc(Cc2ccc(NC(=O)CCCN(CCCCC)CCCCC)cc2)cc1. The molecule has 6 nitrogen and oxygen atoms in total. The summed E-state index contributed by atoms with van der Waals surface area (Å²) >= 11 is 0. The lowest BCUT2D eigenvalue weighted by Crippen LogP contribution is -2.28. The Morgan fingerprint density at radius 3 is 1.04 bits per heavy atom. The quantitative estimate of drug-likeness (QED) is 0.0902. The van der Waals surface area contributed by atoms with Gasteiger partial charge in [0, 0.05) is 24.2 Å². The van der Waals surface area contributed by atoms with E-state index in [2.05, 4.69) is 72.4 Å². The summed E-state index contributed by atoms with van der Waals surface area (Å²) in [4.78, 5) is 30.3. The summed E-state index contributed by atoms with van der Waals surface area (Å²) in [7, 11) is 0. The molecule has 0 bridgehead atoms. The van der Waals surface area contributed by atoms with Gasteiger partial charge in [-0.3, -0.25) is 9.59 Å². The van der Waals surface area contributed by atoms with Crippen molar-refractivity contribution >= 4 is 23.2 Å². The van der Waals surface area contributed by atoms with Crippen molar-refractivity contribution in [2.45, 2.75) is 137 Å². The van der Waals surface area contributed by atoms with Crippen LogP contribution < -0.4 is 10.6 Å². The number of rotatable bonds is 28. The Morgan fingerprint density at radius 2 is 0.745 bits per heavy atom. The molecule has 2 N–H and O–H groups in total. The second kappa shape index (κ2) is 26.3. The third-order valence-electron chi connectivity index (χ3n) is 8.95. The molecule has 47 heavy (non-hydrogen) atoms. The molecule has 0 fully saturated rings. The van der Waals surface area contributed by atoms with Gasteiger partial charge in [-0.1, -0.05) is 103 Å². The number of unbranched alkanes of at least 4 members (excludes halogenated alkanes) is 8. The summed E-state index contributed by atoms with van der Waals surface area (Å²) in [5, 5.41) is 6.16. The Morgan fingerprint density at radius 1 is 0.447 bits per heavy atom. The van der Waals surface area contributed by atoms with Crippen molar-refractivity contribution < 1.29 is 9.59 Å². The molecule has 0 spiro atoms. The van der Waals surface area contributed by atoms with Crippen molar-refractivity contribution in [3.8, 4) is 0 Å². The van der Waals surface area contributed by atoms with Crippen LogP contribution >= 0.6 is 0 Å². The second-order valence-corrected chi connectivity index (χ2v) is 13.4. The van der Waals surface area contributed by atoms with E-state index < -0.39 is 0 Å². The largest absolute Gasteiger partial charge is 0.326 e. The molecule has 0 aliphatic carbocycles. The standard InChI is InChI=1S/C41H68N4O2/c1-5-9-13-29-44(30-14-10-6-2)33-17-19-40(46)42-38-25-21-36(22-26-38)35-37-23-27-39(28-24-37)43-41(47)20-18-34-45(31-15-11-7-3)32-16-12-8-4/h21-28H,5-20,29-35H2,1-4H3,(H,42,46)(H,43,47). The van der Waals surface area contributed by atoms with E-state index in [-0.39, 0.29) is 11.8 Å². The first-order chi connectivity index (χ1) is 23.0. The van der Waals surface area contributed by atoms with Crippen LogP contribution in [0.15, 0.2) is 48.5 Å². The number of nitrogens with one attached hydrogen (secondary N) is 2. The van der Waals surface area contributed by atoms with Gasteiger partial charge in [-0.25, -0.2) is 0 Å². The molecule has 0 radical (unpaired) electrons. The molecular weight excluding hydrogens is 580 g/mol. The van der Waals surface area contributed by atoms with Gasteiger partial charge >= 0.3 is 0 Å². The zero-order valence-electron chi connectivity index (χ0n) is 30.6. The molecule has 6 heteroatoms. The highest BCUT2D eigenvalue weighted by molar-refractivity contribution is 5.91. The van der Waals surface area contributed by atoms with Crippen LogP contribution in [0.4, 0.5) is 11.4 Å². The number of hydrogen-bond acceptors (Lipinski definition) is 4. The fourth-order valence-electron chi connectivity index (χ4n) is 6.03. The number of benzene rings is 2. The van der Waals surface area contributed by atoms with Crippen molar-refractivity contribution in [2.24, 2.45) is 0 Å². The molecule has 0 aliphatic heterocycles. The Hall–Kier alpha value is -2.70. The Balaban J connectivity index is 1.72. The molecule has 0 unspecified atom stereocenters. The normalized spacial score (nSPS) is 11.4. The molecule has 0 aromatic heterocycles. The van der Waals surface area contributed by atoms with E-state index >= 15 is 0 Å². The summed E-state index contributed by atoms with van der Waals surface area (Å²) in [5.74, 6) is 0.183. The van der Waals surface area contributed by atoms with Crippen molar-refractivity contribution in [3.63, 3.8) is 0 Å². The fraction of sp³-hybridized carbons (Fsp3) is 0.659. The minimum absolute atomic E-state index is 0.0914. The number of hydrogen-bond donors (Lipinski definition) is 2. The molecule has 2 aromatic carbocycles. The van der Waals surface area contributed by atoms with Crippen molar-refractivity contribution in [1.82, 2.24) is 9.80 Å². The van der Waals surface area contributed by atoms with E-state index in [0.29, 0.717) is 12.8 Å². The highest BCUT2D eigenvalue weighted by atomic mass is 16.2. The number of amides is 2. The number of carbonyl (C=O) groups is 2. The lowest BCUT2D eigenvalue weighted by atomic mass is 10.0. The summed E-state index contributed by atoms with van der Waals surface area (Å²) in [6.07, 6.45) is 18.8. The van der Waals surface area contributed by atoms with Crippen molar-refractivity contribution in [2.75, 3.05) is 49.9 Å². The van der Waals surface area contributed by atoms with Gasteiger partial charge in [0.1, 0.15) is 0 Å². The van der Waals surface area contributed by atoms with Crippen LogP contribution in [0.1, 0.15) is 142 Å². The lowest BCUT2D eigenvalue weighted by molar-refractivity contribution is -0.117. The second-order valence-electron chi connectivity index (χ2n) is 13.4. The van der Waals surface area contributed by atoms with E-state index in [4.69, 9.17) is 0 Å². The molecule has 2 amide bonds. The zero-order chi connectivity index (χ0) is 34.0. The van der Waals surface area contributed by atoms with Gasteiger partial charge in [0.25, 0.3) is 0 Å². The van der Waals surface area contributed by atoms with Crippen molar-refractivity contribution in [3.05, 3.63) is 59.7 Å². The maximum Gasteiger partial charge on any atom is 0.224 e. The minimum Gasteiger partial charge on any atom is -0.326 e. The smallest absolute Gasteiger partial charge is 0.224 e. The number of anilines is 2. The first kappa shape index (κ1) is 40.5. The van der Waals surface area contributed by atoms with E-state index in [1.54, 1.807) is 0 Å². The van der Waals surface area contributed by atoms with E-state index in [9.17, 15) is 9.59 Å².